The number of rotatable bonds is 5. The summed E-state index contributed by atoms with van der Waals surface area (Å²) in [6.45, 7) is 3.40. The van der Waals surface area contributed by atoms with E-state index >= 15 is 0 Å². The maximum atomic E-state index is 11.4. The van der Waals surface area contributed by atoms with Crippen molar-refractivity contribution in [1.29, 1.82) is 0 Å². The molecule has 0 aromatic heterocycles. The minimum absolute atomic E-state index is 0.0625. The molecule has 0 aliphatic heterocycles. The van der Waals surface area contributed by atoms with Crippen LogP contribution in [0.3, 0.4) is 0 Å². The first-order chi connectivity index (χ1) is 8.86. The lowest BCUT2D eigenvalue weighted by atomic mass is 10.0. The number of hydrogen-bond acceptors (Lipinski definition) is 5. The van der Waals surface area contributed by atoms with Gasteiger partial charge in [-0.05, 0) is 31.5 Å². The standard InChI is InChI=1S/C12H14N2O5/c1-3-19-10(15)6-8-4-7(2)11(14(17)18)9(5-8)12(13)16/h4-5H,3,6H2,1-2H3,(H2,13,16). The van der Waals surface area contributed by atoms with E-state index in [1.807, 2.05) is 0 Å². The zero-order valence-corrected chi connectivity index (χ0v) is 10.6. The number of esters is 1. The molecule has 0 atom stereocenters. The van der Waals surface area contributed by atoms with Gasteiger partial charge >= 0.3 is 5.97 Å². The lowest BCUT2D eigenvalue weighted by molar-refractivity contribution is -0.385. The number of hydrogen-bond donors (Lipinski definition) is 1. The molecule has 1 amide bonds. The van der Waals surface area contributed by atoms with Gasteiger partial charge in [0.1, 0.15) is 5.56 Å². The van der Waals surface area contributed by atoms with Gasteiger partial charge in [0.15, 0.2) is 0 Å². The van der Waals surface area contributed by atoms with Crippen LogP contribution in [-0.2, 0) is 16.0 Å². The third-order valence-electron chi connectivity index (χ3n) is 2.46. The molecular weight excluding hydrogens is 252 g/mol. The Hall–Kier alpha value is -2.44. The fraction of sp³-hybridized carbons (Fsp3) is 0.333. The maximum Gasteiger partial charge on any atom is 0.310 e. The van der Waals surface area contributed by atoms with Crippen molar-refractivity contribution in [3.8, 4) is 0 Å². The van der Waals surface area contributed by atoms with Crippen molar-refractivity contribution in [2.24, 2.45) is 5.73 Å². The number of ether oxygens (including phenoxy) is 1. The Morgan fingerprint density at radius 1 is 1.42 bits per heavy atom. The number of nitro groups is 1. The summed E-state index contributed by atoms with van der Waals surface area (Å²) in [5.74, 6) is -1.37. The summed E-state index contributed by atoms with van der Waals surface area (Å²) in [6, 6.07) is 2.73. The number of aryl methyl sites for hydroxylation is 1. The van der Waals surface area contributed by atoms with Gasteiger partial charge in [-0.1, -0.05) is 0 Å². The van der Waals surface area contributed by atoms with Crippen LogP contribution >= 0.6 is 0 Å². The molecule has 0 saturated carbocycles. The lowest BCUT2D eigenvalue weighted by Crippen LogP contribution is -2.16. The van der Waals surface area contributed by atoms with Crippen LogP contribution in [0.15, 0.2) is 12.1 Å². The predicted molar refractivity (Wildman–Crippen MR) is 66.7 cm³/mol. The molecule has 0 heterocycles. The second-order valence-corrected chi connectivity index (χ2v) is 3.91. The number of carbonyl (C=O) groups excluding carboxylic acids is 2. The normalized spacial score (nSPS) is 10.0. The van der Waals surface area contributed by atoms with Crippen LogP contribution in [0.25, 0.3) is 0 Å². The SMILES string of the molecule is CCOC(=O)Cc1cc(C)c([N+](=O)[O-])c(C(N)=O)c1. The summed E-state index contributed by atoms with van der Waals surface area (Å²) in [5, 5.41) is 10.9. The fourth-order valence-electron chi connectivity index (χ4n) is 1.77. The highest BCUT2D eigenvalue weighted by molar-refractivity contribution is 5.98. The van der Waals surface area contributed by atoms with E-state index in [-0.39, 0.29) is 29.8 Å². The Morgan fingerprint density at radius 2 is 2.05 bits per heavy atom. The van der Waals surface area contributed by atoms with Crippen LogP contribution in [-0.4, -0.2) is 23.4 Å². The fourth-order valence-corrected chi connectivity index (χ4v) is 1.77. The van der Waals surface area contributed by atoms with Crippen molar-refractivity contribution in [3.63, 3.8) is 0 Å². The molecule has 0 saturated heterocycles. The molecule has 1 rings (SSSR count). The van der Waals surface area contributed by atoms with E-state index in [9.17, 15) is 19.7 Å². The molecule has 0 aliphatic rings. The topological polar surface area (TPSA) is 113 Å². The van der Waals surface area contributed by atoms with Crippen LogP contribution in [0, 0.1) is 17.0 Å². The van der Waals surface area contributed by atoms with Gasteiger partial charge < -0.3 is 10.5 Å². The number of primary amides is 1. The summed E-state index contributed by atoms with van der Waals surface area (Å²) >= 11 is 0. The molecule has 0 spiro atoms. The molecule has 0 radical (unpaired) electrons. The van der Waals surface area contributed by atoms with Crippen molar-refractivity contribution in [2.75, 3.05) is 6.61 Å². The van der Waals surface area contributed by atoms with Crippen LogP contribution in [0.5, 0.6) is 0 Å². The number of benzene rings is 1. The van der Waals surface area contributed by atoms with Crippen molar-refractivity contribution in [2.45, 2.75) is 20.3 Å². The number of nitrogens with zero attached hydrogens (tertiary/aromatic N) is 1. The zero-order chi connectivity index (χ0) is 14.6. The summed E-state index contributed by atoms with van der Waals surface area (Å²) in [6.07, 6.45) is -0.0625. The van der Waals surface area contributed by atoms with E-state index in [4.69, 9.17) is 10.5 Å². The van der Waals surface area contributed by atoms with E-state index in [1.54, 1.807) is 6.92 Å². The minimum atomic E-state index is -0.902. The van der Waals surface area contributed by atoms with Gasteiger partial charge in [-0.2, -0.15) is 0 Å². The van der Waals surface area contributed by atoms with Crippen LogP contribution in [0.1, 0.15) is 28.4 Å². The first-order valence-electron chi connectivity index (χ1n) is 5.60. The lowest BCUT2D eigenvalue weighted by Gasteiger charge is -2.07. The second-order valence-electron chi connectivity index (χ2n) is 3.91. The van der Waals surface area contributed by atoms with Gasteiger partial charge in [0.2, 0.25) is 0 Å². The van der Waals surface area contributed by atoms with E-state index in [1.165, 1.54) is 19.1 Å². The molecule has 0 bridgehead atoms. The summed E-state index contributed by atoms with van der Waals surface area (Å²) < 4.78 is 4.77. The van der Waals surface area contributed by atoms with Crippen molar-refractivity contribution >= 4 is 17.6 Å². The molecule has 0 aliphatic carbocycles. The van der Waals surface area contributed by atoms with Gasteiger partial charge in [0.05, 0.1) is 18.0 Å². The van der Waals surface area contributed by atoms with Gasteiger partial charge in [-0.15, -0.1) is 0 Å². The van der Waals surface area contributed by atoms with E-state index in [2.05, 4.69) is 0 Å². The third-order valence-corrected chi connectivity index (χ3v) is 2.46. The average Bonchev–Trinajstić information content (AvgIpc) is 2.27. The average molecular weight is 266 g/mol. The number of carbonyl (C=O) groups is 2. The van der Waals surface area contributed by atoms with Crippen molar-refractivity contribution in [1.82, 2.24) is 0 Å². The maximum absolute atomic E-state index is 11.4. The molecule has 7 heteroatoms. The minimum Gasteiger partial charge on any atom is -0.466 e. The molecule has 2 N–H and O–H groups in total. The van der Waals surface area contributed by atoms with E-state index < -0.39 is 16.8 Å². The number of nitrogens with two attached hydrogens (primary N) is 1. The molecular formula is C12H14N2O5. The van der Waals surface area contributed by atoms with Crippen LogP contribution in [0.2, 0.25) is 0 Å². The number of amides is 1. The highest BCUT2D eigenvalue weighted by atomic mass is 16.6. The Labute approximate surface area is 109 Å². The number of nitro benzene ring substituents is 1. The molecule has 7 nitrogen and oxygen atoms in total. The third kappa shape index (κ3) is 3.51. The predicted octanol–water partition coefficient (Wildman–Crippen LogP) is 1.11. The van der Waals surface area contributed by atoms with Gasteiger partial charge in [-0.3, -0.25) is 19.7 Å². The molecule has 19 heavy (non-hydrogen) atoms. The Balaban J connectivity index is 3.21. The van der Waals surface area contributed by atoms with Gasteiger partial charge in [0, 0.05) is 5.56 Å². The highest BCUT2D eigenvalue weighted by Gasteiger charge is 2.22. The summed E-state index contributed by atoms with van der Waals surface area (Å²) in [4.78, 5) is 32.8. The summed E-state index contributed by atoms with van der Waals surface area (Å²) in [7, 11) is 0. The molecule has 1 aromatic rings. The van der Waals surface area contributed by atoms with Crippen molar-refractivity contribution < 1.29 is 19.2 Å². The van der Waals surface area contributed by atoms with E-state index in [0.29, 0.717) is 5.56 Å². The largest absolute Gasteiger partial charge is 0.466 e. The smallest absolute Gasteiger partial charge is 0.310 e. The zero-order valence-electron chi connectivity index (χ0n) is 10.6. The Bertz CT molecular complexity index is 539. The highest BCUT2D eigenvalue weighted by Crippen LogP contribution is 2.25. The Kier molecular flexibility index (Phi) is 4.57. The first kappa shape index (κ1) is 14.6. The molecule has 1 aromatic carbocycles. The van der Waals surface area contributed by atoms with Gasteiger partial charge in [0.25, 0.3) is 11.6 Å². The first-order valence-corrected chi connectivity index (χ1v) is 5.60. The van der Waals surface area contributed by atoms with Gasteiger partial charge in [-0.25, -0.2) is 0 Å². The monoisotopic (exact) mass is 266 g/mol. The van der Waals surface area contributed by atoms with Crippen LogP contribution in [0.4, 0.5) is 5.69 Å². The molecule has 102 valence electrons. The van der Waals surface area contributed by atoms with E-state index in [0.717, 1.165) is 0 Å². The second kappa shape index (κ2) is 5.94. The molecule has 0 unspecified atom stereocenters. The van der Waals surface area contributed by atoms with Crippen molar-refractivity contribution in [3.05, 3.63) is 38.9 Å². The Morgan fingerprint density at radius 3 is 2.53 bits per heavy atom. The quantitative estimate of drug-likeness (QED) is 0.487. The molecule has 0 fully saturated rings. The summed E-state index contributed by atoms with van der Waals surface area (Å²) in [5.41, 5.74) is 5.31. The van der Waals surface area contributed by atoms with Crippen LogP contribution < -0.4 is 5.73 Å².